The summed E-state index contributed by atoms with van der Waals surface area (Å²) in [6.07, 6.45) is 2.82. The monoisotopic (exact) mass is 427 g/mol. The van der Waals surface area contributed by atoms with Gasteiger partial charge in [-0.3, -0.25) is 9.59 Å². The second-order valence-electron chi connectivity index (χ2n) is 7.30. The number of hydrogen-bond acceptors (Lipinski definition) is 4. The minimum atomic E-state index is -4.23. The van der Waals surface area contributed by atoms with Crippen molar-refractivity contribution in [2.24, 2.45) is 5.92 Å². The summed E-state index contributed by atoms with van der Waals surface area (Å²) in [6, 6.07) is 13.0. The zero-order valence-corrected chi connectivity index (χ0v) is 17.2. The number of allylic oxidation sites excluding steroid dienone is 1. The van der Waals surface area contributed by atoms with E-state index in [9.17, 15) is 18.0 Å². The number of aryl methyl sites for hydroxylation is 1. The minimum Gasteiger partial charge on any atom is -0.295 e. The van der Waals surface area contributed by atoms with Crippen LogP contribution in [0.3, 0.4) is 0 Å². The second kappa shape index (κ2) is 6.68. The van der Waals surface area contributed by atoms with Crippen molar-refractivity contribution in [3.63, 3.8) is 0 Å². The molecular weight excluding hydrogens is 410 g/mol. The van der Waals surface area contributed by atoms with Crippen LogP contribution in [0.5, 0.6) is 0 Å². The van der Waals surface area contributed by atoms with Crippen LogP contribution in [-0.2, 0) is 25.2 Å². The lowest BCUT2D eigenvalue weighted by Crippen LogP contribution is -2.50. The molecule has 1 saturated heterocycles. The molecule has 0 aromatic heterocycles. The average molecular weight is 428 g/mol. The van der Waals surface area contributed by atoms with Crippen LogP contribution in [-0.4, -0.2) is 24.4 Å². The van der Waals surface area contributed by atoms with Crippen LogP contribution < -0.4 is 0 Å². The van der Waals surface area contributed by atoms with Gasteiger partial charge in [0.15, 0.2) is 5.78 Å². The predicted molar refractivity (Wildman–Crippen MR) is 110 cm³/mol. The van der Waals surface area contributed by atoms with Crippen molar-refractivity contribution in [3.8, 4) is 0 Å². The molecule has 1 amide bonds. The molecule has 5 nitrogen and oxygen atoms in total. The van der Waals surface area contributed by atoms with Crippen LogP contribution in [0.1, 0.15) is 17.5 Å². The first-order valence-electron chi connectivity index (χ1n) is 9.01. The smallest absolute Gasteiger partial charge is 0.267 e. The molecule has 4 rings (SSSR count). The Morgan fingerprint density at radius 1 is 1.14 bits per heavy atom. The summed E-state index contributed by atoms with van der Waals surface area (Å²) in [4.78, 5) is 25.3. The molecule has 29 heavy (non-hydrogen) atoms. The number of sulfonamides is 1. The molecule has 0 bridgehead atoms. The fourth-order valence-electron chi connectivity index (χ4n) is 4.08. The number of carbonyl (C=O) groups excluding carboxylic acids is 2. The minimum absolute atomic E-state index is 0.00315. The van der Waals surface area contributed by atoms with E-state index in [0.29, 0.717) is 10.6 Å². The maximum Gasteiger partial charge on any atom is 0.267 e. The molecule has 0 spiro atoms. The molecule has 0 radical (unpaired) electrons. The number of nitrogens with zero attached hydrogens (tertiary/aromatic N) is 1. The number of halogens is 1. The van der Waals surface area contributed by atoms with Gasteiger partial charge in [0.2, 0.25) is 0 Å². The Morgan fingerprint density at radius 2 is 1.83 bits per heavy atom. The second-order valence-corrected chi connectivity index (χ2v) is 9.53. The van der Waals surface area contributed by atoms with Crippen LogP contribution >= 0.6 is 11.6 Å². The molecule has 148 valence electrons. The van der Waals surface area contributed by atoms with E-state index in [1.807, 2.05) is 6.92 Å². The zero-order valence-electron chi connectivity index (χ0n) is 15.6. The van der Waals surface area contributed by atoms with Crippen molar-refractivity contribution < 1.29 is 18.0 Å². The van der Waals surface area contributed by atoms with E-state index in [0.717, 1.165) is 9.87 Å². The standard InChI is InChI=1S/C22H18ClNO4S/c1-14-6-8-19(9-7-14)29(27,28)24-21(26)15(2)20-13-18(25)10-11-22(20,24)16-4-3-5-17(23)12-16/h3-12,20H,2,13H2,1H3/t20-,22+/m1/s1. The Bertz CT molecular complexity index is 1180. The SMILES string of the molecule is C=C1C(=O)N(S(=O)(=O)c2ccc(C)cc2)[C@]2(c3cccc(Cl)c3)C=CC(=O)C[C@H]12. The molecule has 0 saturated carbocycles. The highest BCUT2D eigenvalue weighted by Gasteiger charge is 2.61. The average Bonchev–Trinajstić information content (AvgIpc) is 2.91. The van der Waals surface area contributed by atoms with Crippen molar-refractivity contribution in [2.45, 2.75) is 23.8 Å². The largest absolute Gasteiger partial charge is 0.295 e. The highest BCUT2D eigenvalue weighted by atomic mass is 35.5. The Balaban J connectivity index is 2.02. The molecule has 1 fully saturated rings. The van der Waals surface area contributed by atoms with Gasteiger partial charge in [0.25, 0.3) is 15.9 Å². The lowest BCUT2D eigenvalue weighted by molar-refractivity contribution is -0.123. The summed E-state index contributed by atoms with van der Waals surface area (Å²) < 4.78 is 28.1. The van der Waals surface area contributed by atoms with Crippen molar-refractivity contribution in [2.75, 3.05) is 0 Å². The lowest BCUT2D eigenvalue weighted by Gasteiger charge is -2.40. The van der Waals surface area contributed by atoms with Gasteiger partial charge in [-0.25, -0.2) is 12.7 Å². The number of amides is 1. The summed E-state index contributed by atoms with van der Waals surface area (Å²) in [5.74, 6) is -1.60. The van der Waals surface area contributed by atoms with E-state index in [-0.39, 0.29) is 22.7 Å². The third kappa shape index (κ3) is 2.86. The van der Waals surface area contributed by atoms with Crippen molar-refractivity contribution in [3.05, 3.63) is 89.0 Å². The zero-order chi connectivity index (χ0) is 21.0. The summed E-state index contributed by atoms with van der Waals surface area (Å²) in [5.41, 5.74) is 0.114. The Hall–Kier alpha value is -2.70. The van der Waals surface area contributed by atoms with E-state index in [1.54, 1.807) is 36.4 Å². The van der Waals surface area contributed by atoms with Crippen molar-refractivity contribution in [1.82, 2.24) is 4.31 Å². The van der Waals surface area contributed by atoms with E-state index in [4.69, 9.17) is 11.6 Å². The third-order valence-electron chi connectivity index (χ3n) is 5.52. The number of rotatable bonds is 3. The molecule has 0 N–H and O–H groups in total. The molecular formula is C22H18ClNO4S. The summed E-state index contributed by atoms with van der Waals surface area (Å²) in [5, 5.41) is 0.401. The first kappa shape index (κ1) is 19.6. The van der Waals surface area contributed by atoms with Gasteiger partial charge in [0.05, 0.1) is 4.90 Å². The van der Waals surface area contributed by atoms with Gasteiger partial charge in [-0.05, 0) is 48.9 Å². The van der Waals surface area contributed by atoms with Gasteiger partial charge in [0.1, 0.15) is 5.54 Å². The molecule has 2 aromatic carbocycles. The maximum atomic E-state index is 13.6. The third-order valence-corrected chi connectivity index (χ3v) is 7.57. The van der Waals surface area contributed by atoms with E-state index in [2.05, 4.69) is 6.58 Å². The van der Waals surface area contributed by atoms with Gasteiger partial charge in [-0.1, -0.05) is 48.0 Å². The van der Waals surface area contributed by atoms with Gasteiger partial charge < -0.3 is 0 Å². The van der Waals surface area contributed by atoms with Crippen LogP contribution in [0, 0.1) is 12.8 Å². The molecule has 1 aliphatic heterocycles. The fourth-order valence-corrected chi connectivity index (χ4v) is 5.99. The quantitative estimate of drug-likeness (QED) is 0.699. The molecule has 1 heterocycles. The highest BCUT2D eigenvalue weighted by Crippen LogP contribution is 2.53. The normalized spacial score (nSPS) is 24.1. The summed E-state index contributed by atoms with van der Waals surface area (Å²) in [7, 11) is -4.23. The molecule has 2 aliphatic rings. The van der Waals surface area contributed by atoms with Crippen LogP contribution in [0.15, 0.2) is 77.7 Å². The van der Waals surface area contributed by atoms with Crippen LogP contribution in [0.4, 0.5) is 0 Å². The predicted octanol–water partition coefficient (Wildman–Crippen LogP) is 3.78. The van der Waals surface area contributed by atoms with Gasteiger partial charge in [-0.15, -0.1) is 0 Å². The Kier molecular flexibility index (Phi) is 4.52. The maximum absolute atomic E-state index is 13.6. The molecule has 2 atom stereocenters. The molecule has 1 aliphatic carbocycles. The van der Waals surface area contributed by atoms with Gasteiger partial charge in [0, 0.05) is 22.9 Å². The number of carbonyl (C=O) groups is 2. The number of hydrogen-bond donors (Lipinski definition) is 0. The van der Waals surface area contributed by atoms with Crippen molar-refractivity contribution >= 4 is 33.3 Å². The van der Waals surface area contributed by atoms with Crippen LogP contribution in [0.25, 0.3) is 0 Å². The highest BCUT2D eigenvalue weighted by molar-refractivity contribution is 7.89. The molecule has 0 unspecified atom stereocenters. The van der Waals surface area contributed by atoms with Gasteiger partial charge >= 0.3 is 0 Å². The number of benzene rings is 2. The molecule has 2 aromatic rings. The van der Waals surface area contributed by atoms with Gasteiger partial charge in [-0.2, -0.15) is 0 Å². The topological polar surface area (TPSA) is 71.5 Å². The fraction of sp³-hybridized carbons (Fsp3) is 0.182. The molecule has 7 heteroatoms. The Morgan fingerprint density at radius 3 is 2.48 bits per heavy atom. The Labute approximate surface area is 174 Å². The first-order chi connectivity index (χ1) is 13.7. The van der Waals surface area contributed by atoms with E-state index < -0.39 is 27.4 Å². The first-order valence-corrected chi connectivity index (χ1v) is 10.8. The van der Waals surface area contributed by atoms with E-state index >= 15 is 0 Å². The van der Waals surface area contributed by atoms with Crippen molar-refractivity contribution in [1.29, 1.82) is 0 Å². The summed E-state index contributed by atoms with van der Waals surface area (Å²) >= 11 is 6.18. The van der Waals surface area contributed by atoms with Crippen LogP contribution in [0.2, 0.25) is 5.02 Å². The summed E-state index contributed by atoms with van der Waals surface area (Å²) in [6.45, 7) is 5.69. The number of fused-ring (bicyclic) bond motifs is 1. The lowest BCUT2D eigenvalue weighted by atomic mass is 9.72. The number of ketones is 1. The van der Waals surface area contributed by atoms with E-state index in [1.165, 1.54) is 24.3 Å².